The number of aromatic hydroxyl groups is 1. The number of aryl methyl sites for hydroxylation is 2. The minimum Gasteiger partial charge on any atom is -0.507 e. The second-order valence-corrected chi connectivity index (χ2v) is 5.13. The minimum absolute atomic E-state index is 0.0666. The van der Waals surface area contributed by atoms with Crippen molar-refractivity contribution in [2.75, 3.05) is 0 Å². The lowest BCUT2D eigenvalue weighted by molar-refractivity contribution is 0.112. The lowest BCUT2D eigenvalue weighted by atomic mass is 10.1. The molecule has 1 aromatic heterocycles. The first kappa shape index (κ1) is 14.0. The number of benzene rings is 2. The van der Waals surface area contributed by atoms with Crippen molar-refractivity contribution < 1.29 is 9.90 Å². The summed E-state index contributed by atoms with van der Waals surface area (Å²) in [7, 11) is 1.88. The Balaban J connectivity index is 2.05. The Labute approximate surface area is 127 Å². The van der Waals surface area contributed by atoms with Crippen LogP contribution < -0.4 is 0 Å². The molecule has 0 saturated carbocycles. The number of carbonyl (C=O) groups excluding carboxylic acids is 1. The molecule has 0 atom stereocenters. The highest BCUT2D eigenvalue weighted by atomic mass is 16.3. The maximum Gasteiger partial charge on any atom is 0.230 e. The van der Waals surface area contributed by atoms with Crippen molar-refractivity contribution in [3.8, 4) is 5.75 Å². The quantitative estimate of drug-likeness (QED) is 0.596. The number of para-hydroxylation sites is 2. The third-order valence-electron chi connectivity index (χ3n) is 3.52. The van der Waals surface area contributed by atoms with Crippen LogP contribution in [0.4, 0.5) is 5.95 Å². The number of aromatic nitrogens is 2. The van der Waals surface area contributed by atoms with Crippen LogP contribution in [-0.4, -0.2) is 27.2 Å². The molecule has 2 aromatic carbocycles. The van der Waals surface area contributed by atoms with E-state index < -0.39 is 0 Å². The molecule has 3 rings (SSSR count). The van der Waals surface area contributed by atoms with Gasteiger partial charge in [0.2, 0.25) is 5.95 Å². The van der Waals surface area contributed by atoms with Gasteiger partial charge in [-0.15, -0.1) is 0 Å². The van der Waals surface area contributed by atoms with Crippen molar-refractivity contribution in [3.05, 3.63) is 53.1 Å². The number of hydrogen-bond acceptors (Lipinski definition) is 4. The summed E-state index contributed by atoms with van der Waals surface area (Å²) >= 11 is 0. The van der Waals surface area contributed by atoms with E-state index in [-0.39, 0.29) is 11.3 Å². The monoisotopic (exact) mass is 293 g/mol. The number of hydrogen-bond donors (Lipinski definition) is 1. The van der Waals surface area contributed by atoms with Crippen LogP contribution in [0.2, 0.25) is 0 Å². The molecule has 110 valence electrons. The van der Waals surface area contributed by atoms with Crippen molar-refractivity contribution in [2.45, 2.75) is 6.92 Å². The van der Waals surface area contributed by atoms with Gasteiger partial charge in [-0.05, 0) is 36.8 Å². The van der Waals surface area contributed by atoms with Gasteiger partial charge in [0.15, 0.2) is 6.29 Å². The molecule has 1 N–H and O–H groups in total. The number of imidazole rings is 1. The van der Waals surface area contributed by atoms with E-state index in [0.717, 1.165) is 16.6 Å². The number of rotatable bonds is 3. The zero-order valence-electron chi connectivity index (χ0n) is 12.3. The summed E-state index contributed by atoms with van der Waals surface area (Å²) in [5.41, 5.74) is 3.47. The summed E-state index contributed by atoms with van der Waals surface area (Å²) in [5, 5.41) is 10.1. The van der Waals surface area contributed by atoms with Crippen molar-refractivity contribution in [3.63, 3.8) is 0 Å². The summed E-state index contributed by atoms with van der Waals surface area (Å²) in [4.78, 5) is 19.7. The SMILES string of the molecule is Cc1cc(C=O)c(O)c(/C=N/c2nc3ccccc3n2C)c1. The summed E-state index contributed by atoms with van der Waals surface area (Å²) < 4.78 is 1.87. The molecule has 0 amide bonds. The van der Waals surface area contributed by atoms with Crippen LogP contribution in [0, 0.1) is 6.92 Å². The molecule has 0 fully saturated rings. The van der Waals surface area contributed by atoms with Crippen molar-refractivity contribution in [1.82, 2.24) is 9.55 Å². The van der Waals surface area contributed by atoms with E-state index in [0.29, 0.717) is 17.8 Å². The van der Waals surface area contributed by atoms with Gasteiger partial charge in [-0.3, -0.25) is 4.79 Å². The Morgan fingerprint density at radius 1 is 1.23 bits per heavy atom. The molecular weight excluding hydrogens is 278 g/mol. The van der Waals surface area contributed by atoms with Gasteiger partial charge in [0.05, 0.1) is 16.6 Å². The summed E-state index contributed by atoms with van der Waals surface area (Å²) in [5.74, 6) is 0.470. The molecule has 0 radical (unpaired) electrons. The van der Waals surface area contributed by atoms with Gasteiger partial charge < -0.3 is 9.67 Å². The minimum atomic E-state index is -0.0666. The van der Waals surface area contributed by atoms with E-state index >= 15 is 0 Å². The first-order valence-electron chi connectivity index (χ1n) is 6.84. The largest absolute Gasteiger partial charge is 0.507 e. The summed E-state index contributed by atoms with van der Waals surface area (Å²) in [6, 6.07) is 11.2. The van der Waals surface area contributed by atoms with E-state index in [1.54, 1.807) is 12.1 Å². The lowest BCUT2D eigenvalue weighted by Gasteiger charge is -2.04. The van der Waals surface area contributed by atoms with Gasteiger partial charge in [-0.25, -0.2) is 9.98 Å². The fraction of sp³-hybridized carbons (Fsp3) is 0.118. The van der Waals surface area contributed by atoms with Gasteiger partial charge in [0.1, 0.15) is 5.75 Å². The molecule has 0 unspecified atom stereocenters. The molecule has 0 aliphatic rings. The summed E-state index contributed by atoms with van der Waals surface area (Å²) in [6.07, 6.45) is 2.16. The fourth-order valence-electron chi connectivity index (χ4n) is 2.40. The highest BCUT2D eigenvalue weighted by molar-refractivity contribution is 5.91. The fourth-order valence-corrected chi connectivity index (χ4v) is 2.40. The molecule has 0 aliphatic heterocycles. The Kier molecular flexibility index (Phi) is 3.47. The second kappa shape index (κ2) is 5.44. The molecule has 0 saturated heterocycles. The number of phenolic OH excluding ortho intramolecular Hbond substituents is 1. The van der Waals surface area contributed by atoms with Crippen LogP contribution in [-0.2, 0) is 7.05 Å². The third kappa shape index (κ3) is 2.37. The molecule has 0 bridgehead atoms. The zero-order chi connectivity index (χ0) is 15.7. The first-order chi connectivity index (χ1) is 10.6. The van der Waals surface area contributed by atoms with Crippen LogP contribution in [0.3, 0.4) is 0 Å². The maximum atomic E-state index is 11.0. The predicted molar refractivity (Wildman–Crippen MR) is 86.2 cm³/mol. The van der Waals surface area contributed by atoms with Gasteiger partial charge in [0.25, 0.3) is 0 Å². The number of aliphatic imine (C=N–C) groups is 1. The van der Waals surface area contributed by atoms with Crippen molar-refractivity contribution in [1.29, 1.82) is 0 Å². The van der Waals surface area contributed by atoms with Crippen LogP contribution in [0.1, 0.15) is 21.5 Å². The van der Waals surface area contributed by atoms with Gasteiger partial charge >= 0.3 is 0 Å². The standard InChI is InChI=1S/C17H15N3O2/c1-11-7-12(16(22)13(8-11)10-21)9-18-17-19-14-5-3-4-6-15(14)20(17)2/h3-10,22H,1-2H3/b18-9+. The molecule has 5 heteroatoms. The number of carbonyl (C=O) groups is 1. The molecule has 1 heterocycles. The zero-order valence-corrected chi connectivity index (χ0v) is 12.3. The molecule has 0 aliphatic carbocycles. The number of fused-ring (bicyclic) bond motifs is 1. The third-order valence-corrected chi connectivity index (χ3v) is 3.52. The van der Waals surface area contributed by atoms with Gasteiger partial charge in [-0.1, -0.05) is 12.1 Å². The second-order valence-electron chi connectivity index (χ2n) is 5.13. The van der Waals surface area contributed by atoms with E-state index in [9.17, 15) is 9.90 Å². The average molecular weight is 293 g/mol. The van der Waals surface area contributed by atoms with E-state index in [2.05, 4.69) is 9.98 Å². The number of aldehydes is 1. The average Bonchev–Trinajstić information content (AvgIpc) is 2.84. The smallest absolute Gasteiger partial charge is 0.230 e. The van der Waals surface area contributed by atoms with Crippen LogP contribution in [0.15, 0.2) is 41.4 Å². The maximum absolute atomic E-state index is 11.0. The molecule has 0 spiro atoms. The van der Waals surface area contributed by atoms with E-state index in [4.69, 9.17) is 0 Å². The van der Waals surface area contributed by atoms with Crippen molar-refractivity contribution >= 4 is 29.5 Å². The Hall–Kier alpha value is -2.95. The van der Waals surface area contributed by atoms with Crippen LogP contribution >= 0.6 is 0 Å². The molecule has 22 heavy (non-hydrogen) atoms. The van der Waals surface area contributed by atoms with Crippen LogP contribution in [0.25, 0.3) is 11.0 Å². The Morgan fingerprint density at radius 3 is 2.68 bits per heavy atom. The number of nitrogens with zero attached hydrogens (tertiary/aromatic N) is 3. The highest BCUT2D eigenvalue weighted by Crippen LogP contribution is 2.24. The van der Waals surface area contributed by atoms with E-state index in [1.165, 1.54) is 6.21 Å². The van der Waals surface area contributed by atoms with E-state index in [1.807, 2.05) is 42.8 Å². The van der Waals surface area contributed by atoms with Gasteiger partial charge in [-0.2, -0.15) is 0 Å². The first-order valence-corrected chi connectivity index (χ1v) is 6.84. The normalized spacial score (nSPS) is 11.4. The van der Waals surface area contributed by atoms with Gasteiger partial charge in [0, 0.05) is 18.8 Å². The van der Waals surface area contributed by atoms with Crippen LogP contribution in [0.5, 0.6) is 5.75 Å². The lowest BCUT2D eigenvalue weighted by Crippen LogP contribution is -1.92. The Morgan fingerprint density at radius 2 is 1.95 bits per heavy atom. The predicted octanol–water partition coefficient (Wildman–Crippen LogP) is 3.15. The Bertz CT molecular complexity index is 894. The molecule has 3 aromatic rings. The molecular formula is C17H15N3O2. The number of phenols is 1. The summed E-state index contributed by atoms with van der Waals surface area (Å²) in [6.45, 7) is 1.86. The highest BCUT2D eigenvalue weighted by Gasteiger charge is 2.08. The molecule has 5 nitrogen and oxygen atoms in total. The van der Waals surface area contributed by atoms with Crippen molar-refractivity contribution in [2.24, 2.45) is 12.0 Å². The topological polar surface area (TPSA) is 67.5 Å².